The maximum absolute atomic E-state index is 12.8. The lowest BCUT2D eigenvalue weighted by Gasteiger charge is -2.33. The first kappa shape index (κ1) is 15.7. The van der Waals surface area contributed by atoms with Crippen molar-refractivity contribution in [2.75, 3.05) is 12.4 Å². The van der Waals surface area contributed by atoms with Crippen LogP contribution in [0.15, 0.2) is 66.1 Å². The smallest absolute Gasteiger partial charge is 0.322 e. The van der Waals surface area contributed by atoms with Crippen LogP contribution in [0.3, 0.4) is 0 Å². The zero-order chi connectivity index (χ0) is 17.1. The van der Waals surface area contributed by atoms with E-state index in [2.05, 4.69) is 15.6 Å². The van der Waals surface area contributed by atoms with E-state index in [-0.39, 0.29) is 11.9 Å². The number of nitrogens with one attached hydrogen (secondary N) is 2. The average Bonchev–Trinajstić information content (AvgIpc) is 2.61. The van der Waals surface area contributed by atoms with E-state index in [0.717, 1.165) is 5.56 Å². The first-order valence-electron chi connectivity index (χ1n) is 7.59. The zero-order valence-corrected chi connectivity index (χ0v) is 13.5. The Kier molecular flexibility index (Phi) is 4.29. The fraction of sp³-hybridized carbons (Fsp3) is 0.167. The van der Waals surface area contributed by atoms with Gasteiger partial charge in [-0.05, 0) is 30.7 Å². The van der Waals surface area contributed by atoms with Gasteiger partial charge in [-0.1, -0.05) is 24.3 Å². The number of carbonyl (C=O) groups is 2. The molecule has 122 valence electrons. The van der Waals surface area contributed by atoms with E-state index in [1.807, 2.05) is 36.4 Å². The van der Waals surface area contributed by atoms with Crippen LogP contribution < -0.4 is 10.6 Å². The van der Waals surface area contributed by atoms with Crippen LogP contribution >= 0.6 is 0 Å². The molecule has 0 radical (unpaired) electrons. The predicted octanol–water partition coefficient (Wildman–Crippen LogP) is 2.69. The number of para-hydroxylation sites is 1. The summed E-state index contributed by atoms with van der Waals surface area (Å²) in [5.74, 6) is -0.251. The molecule has 0 saturated heterocycles. The van der Waals surface area contributed by atoms with Gasteiger partial charge in [-0.2, -0.15) is 0 Å². The maximum Gasteiger partial charge on any atom is 0.322 e. The van der Waals surface area contributed by atoms with Crippen LogP contribution in [0.4, 0.5) is 10.5 Å². The van der Waals surface area contributed by atoms with Gasteiger partial charge >= 0.3 is 6.03 Å². The van der Waals surface area contributed by atoms with E-state index in [1.165, 1.54) is 4.90 Å². The Morgan fingerprint density at radius 3 is 2.62 bits per heavy atom. The number of hydrogen-bond acceptors (Lipinski definition) is 3. The molecular weight excluding hydrogens is 304 g/mol. The Morgan fingerprint density at radius 2 is 1.96 bits per heavy atom. The summed E-state index contributed by atoms with van der Waals surface area (Å²) in [5.41, 5.74) is 2.57. The highest BCUT2D eigenvalue weighted by atomic mass is 16.2. The fourth-order valence-corrected chi connectivity index (χ4v) is 2.65. The van der Waals surface area contributed by atoms with Crippen LogP contribution in [-0.2, 0) is 4.79 Å². The van der Waals surface area contributed by atoms with Gasteiger partial charge in [-0.25, -0.2) is 4.79 Å². The second kappa shape index (κ2) is 6.54. The summed E-state index contributed by atoms with van der Waals surface area (Å²) in [5, 5.41) is 5.74. The third-order valence-electron chi connectivity index (χ3n) is 4.05. The first-order chi connectivity index (χ1) is 11.6. The van der Waals surface area contributed by atoms with E-state index in [1.54, 1.807) is 32.4 Å². The van der Waals surface area contributed by atoms with Crippen LogP contribution in [0.2, 0.25) is 0 Å². The Morgan fingerprint density at radius 1 is 1.21 bits per heavy atom. The zero-order valence-electron chi connectivity index (χ0n) is 13.5. The topological polar surface area (TPSA) is 74.3 Å². The van der Waals surface area contributed by atoms with Gasteiger partial charge in [0, 0.05) is 30.8 Å². The van der Waals surface area contributed by atoms with Crippen molar-refractivity contribution >= 4 is 17.6 Å². The van der Waals surface area contributed by atoms with Gasteiger partial charge in [0.2, 0.25) is 0 Å². The summed E-state index contributed by atoms with van der Waals surface area (Å²) < 4.78 is 0. The van der Waals surface area contributed by atoms with Gasteiger partial charge in [-0.3, -0.25) is 9.78 Å². The van der Waals surface area contributed by atoms with E-state index < -0.39 is 6.04 Å². The molecule has 1 aliphatic heterocycles. The molecule has 3 rings (SSSR count). The Hall–Kier alpha value is -3.15. The third-order valence-corrected chi connectivity index (χ3v) is 4.05. The number of rotatable bonds is 3. The molecule has 0 saturated carbocycles. The molecule has 2 heterocycles. The van der Waals surface area contributed by atoms with E-state index >= 15 is 0 Å². The van der Waals surface area contributed by atoms with Crippen LogP contribution in [0.5, 0.6) is 0 Å². The van der Waals surface area contributed by atoms with Crippen molar-refractivity contribution in [2.45, 2.75) is 13.0 Å². The standard InChI is InChI=1S/C18H18N4O2/c1-12-15(17(23)20-14-8-4-3-5-9-14)16(21-18(24)22(12)2)13-7-6-10-19-11-13/h3-11,16H,1-2H3,(H,20,23)(H,21,24). The van der Waals surface area contributed by atoms with Gasteiger partial charge in [0.25, 0.3) is 5.91 Å². The molecule has 0 bridgehead atoms. The van der Waals surface area contributed by atoms with Gasteiger partial charge in [-0.15, -0.1) is 0 Å². The number of amides is 3. The van der Waals surface area contributed by atoms with Crippen molar-refractivity contribution in [1.82, 2.24) is 15.2 Å². The molecule has 0 fully saturated rings. The minimum absolute atomic E-state index is 0.251. The summed E-state index contributed by atoms with van der Waals surface area (Å²) in [6, 6.07) is 12.1. The molecule has 6 heteroatoms. The van der Waals surface area contributed by atoms with Gasteiger partial charge in [0.15, 0.2) is 0 Å². The van der Waals surface area contributed by atoms with Gasteiger partial charge in [0.1, 0.15) is 0 Å². The van der Waals surface area contributed by atoms with E-state index in [0.29, 0.717) is 17.0 Å². The first-order valence-corrected chi connectivity index (χ1v) is 7.59. The predicted molar refractivity (Wildman–Crippen MR) is 91.0 cm³/mol. The van der Waals surface area contributed by atoms with Crippen LogP contribution in [0.1, 0.15) is 18.5 Å². The highest BCUT2D eigenvalue weighted by Crippen LogP contribution is 2.30. The summed E-state index contributed by atoms with van der Waals surface area (Å²) in [4.78, 5) is 30.5. The minimum Gasteiger partial charge on any atom is -0.326 e. The number of aromatic nitrogens is 1. The molecule has 24 heavy (non-hydrogen) atoms. The molecule has 0 aliphatic carbocycles. The van der Waals surface area contributed by atoms with Gasteiger partial charge in [0.05, 0.1) is 11.6 Å². The molecule has 1 aromatic heterocycles. The molecule has 0 spiro atoms. The summed E-state index contributed by atoms with van der Waals surface area (Å²) in [6.45, 7) is 1.77. The molecule has 1 unspecified atom stereocenters. The molecular formula is C18H18N4O2. The second-order valence-corrected chi connectivity index (χ2v) is 5.55. The van der Waals surface area contributed by atoms with Crippen molar-refractivity contribution in [1.29, 1.82) is 0 Å². The Labute approximate surface area is 140 Å². The quantitative estimate of drug-likeness (QED) is 0.912. The number of urea groups is 1. The number of pyridine rings is 1. The van der Waals surface area contributed by atoms with Gasteiger partial charge < -0.3 is 15.5 Å². The SMILES string of the molecule is CC1=C(C(=O)Nc2ccccc2)C(c2cccnc2)NC(=O)N1C. The number of benzene rings is 1. The maximum atomic E-state index is 12.8. The fourth-order valence-electron chi connectivity index (χ4n) is 2.65. The molecule has 3 amide bonds. The molecule has 1 aromatic carbocycles. The molecule has 1 atom stereocenters. The average molecular weight is 322 g/mol. The number of nitrogens with zero attached hydrogens (tertiary/aromatic N) is 2. The lowest BCUT2D eigenvalue weighted by molar-refractivity contribution is -0.113. The van der Waals surface area contributed by atoms with Crippen molar-refractivity contribution in [3.05, 3.63) is 71.7 Å². The lowest BCUT2D eigenvalue weighted by Crippen LogP contribution is -2.46. The third kappa shape index (κ3) is 2.99. The lowest BCUT2D eigenvalue weighted by atomic mass is 9.95. The summed E-state index contributed by atoms with van der Waals surface area (Å²) in [7, 11) is 1.64. The highest BCUT2D eigenvalue weighted by Gasteiger charge is 2.34. The van der Waals surface area contributed by atoms with Crippen LogP contribution in [-0.4, -0.2) is 28.9 Å². The summed E-state index contributed by atoms with van der Waals surface area (Å²) in [6.07, 6.45) is 3.31. The number of allylic oxidation sites excluding steroid dienone is 1. The number of carbonyl (C=O) groups excluding carboxylic acids is 2. The minimum atomic E-state index is -0.536. The van der Waals surface area contributed by atoms with Crippen molar-refractivity contribution in [3.8, 4) is 0 Å². The highest BCUT2D eigenvalue weighted by molar-refractivity contribution is 6.06. The number of hydrogen-bond donors (Lipinski definition) is 2. The Bertz CT molecular complexity index is 787. The van der Waals surface area contributed by atoms with E-state index in [4.69, 9.17) is 0 Å². The molecule has 6 nitrogen and oxygen atoms in total. The molecule has 2 aromatic rings. The largest absolute Gasteiger partial charge is 0.326 e. The van der Waals surface area contributed by atoms with Crippen LogP contribution in [0.25, 0.3) is 0 Å². The Balaban J connectivity index is 1.99. The van der Waals surface area contributed by atoms with E-state index in [9.17, 15) is 9.59 Å². The van der Waals surface area contributed by atoms with Crippen LogP contribution in [0, 0.1) is 0 Å². The van der Waals surface area contributed by atoms with Crippen molar-refractivity contribution < 1.29 is 9.59 Å². The normalized spacial score (nSPS) is 17.5. The molecule has 2 N–H and O–H groups in total. The number of anilines is 1. The van der Waals surface area contributed by atoms with Crippen molar-refractivity contribution in [2.24, 2.45) is 0 Å². The monoisotopic (exact) mass is 322 g/mol. The van der Waals surface area contributed by atoms with Crippen molar-refractivity contribution in [3.63, 3.8) is 0 Å². The summed E-state index contributed by atoms with van der Waals surface area (Å²) >= 11 is 0. The second-order valence-electron chi connectivity index (χ2n) is 5.55. The molecule has 1 aliphatic rings.